The van der Waals surface area contributed by atoms with Crippen molar-refractivity contribution < 1.29 is 8.42 Å². The van der Waals surface area contributed by atoms with Crippen LogP contribution in [0.25, 0.3) is 0 Å². The summed E-state index contributed by atoms with van der Waals surface area (Å²) in [6, 6.07) is 7.36. The van der Waals surface area contributed by atoms with Crippen LogP contribution in [0.2, 0.25) is 0 Å². The second-order valence-corrected chi connectivity index (χ2v) is 6.15. The molecule has 6 heteroatoms. The molecule has 3 N–H and O–H groups in total. The minimum absolute atomic E-state index is 0.124. The number of hydrogen-bond donors (Lipinski definition) is 2. The maximum Gasteiger partial charge on any atom is 0.212 e. The first kappa shape index (κ1) is 12.4. The zero-order chi connectivity index (χ0) is 11.3. The van der Waals surface area contributed by atoms with Gasteiger partial charge in [-0.15, -0.1) is 11.8 Å². The van der Waals surface area contributed by atoms with E-state index in [2.05, 4.69) is 4.72 Å². The third-order valence-corrected chi connectivity index (χ3v) is 4.45. The van der Waals surface area contributed by atoms with Gasteiger partial charge in [0.2, 0.25) is 10.0 Å². The lowest BCUT2D eigenvalue weighted by molar-refractivity contribution is 0.590. The van der Waals surface area contributed by atoms with Gasteiger partial charge in [0, 0.05) is 16.3 Å². The number of nitrogens with one attached hydrogen (secondary N) is 1. The molecule has 0 aliphatic carbocycles. The van der Waals surface area contributed by atoms with E-state index in [1.54, 1.807) is 12.1 Å². The molecule has 0 unspecified atom stereocenters. The Morgan fingerprint density at radius 3 is 2.47 bits per heavy atom. The molecule has 0 aromatic heterocycles. The Morgan fingerprint density at radius 1 is 1.33 bits per heavy atom. The lowest BCUT2D eigenvalue weighted by Crippen LogP contribution is -2.23. The first-order valence-corrected chi connectivity index (χ1v) is 7.07. The van der Waals surface area contributed by atoms with Gasteiger partial charge in [0.05, 0.1) is 5.75 Å². The van der Waals surface area contributed by atoms with Gasteiger partial charge in [0.15, 0.2) is 0 Å². The zero-order valence-electron chi connectivity index (χ0n) is 8.43. The van der Waals surface area contributed by atoms with Crippen LogP contribution in [-0.4, -0.2) is 27.0 Å². The standard InChI is InChI=1S/C9H14N2O2S2/c1-11-15(12,13)7-6-14-9-4-2-8(10)3-5-9/h2-5,11H,6-7,10H2,1H3. The minimum atomic E-state index is -3.09. The Labute approximate surface area is 94.3 Å². The largest absolute Gasteiger partial charge is 0.399 e. The maximum absolute atomic E-state index is 11.1. The highest BCUT2D eigenvalue weighted by molar-refractivity contribution is 8.00. The van der Waals surface area contributed by atoms with Gasteiger partial charge in [0.25, 0.3) is 0 Å². The number of nitrogens with two attached hydrogens (primary N) is 1. The van der Waals surface area contributed by atoms with Crippen molar-refractivity contribution in [2.45, 2.75) is 4.90 Å². The van der Waals surface area contributed by atoms with Crippen molar-refractivity contribution in [2.75, 3.05) is 24.3 Å². The monoisotopic (exact) mass is 246 g/mol. The molecule has 0 spiro atoms. The molecule has 0 aliphatic rings. The van der Waals surface area contributed by atoms with Gasteiger partial charge in [-0.3, -0.25) is 0 Å². The van der Waals surface area contributed by atoms with Gasteiger partial charge < -0.3 is 5.73 Å². The Morgan fingerprint density at radius 2 is 1.93 bits per heavy atom. The smallest absolute Gasteiger partial charge is 0.212 e. The van der Waals surface area contributed by atoms with Gasteiger partial charge in [-0.2, -0.15) is 0 Å². The van der Waals surface area contributed by atoms with Gasteiger partial charge >= 0.3 is 0 Å². The Hall–Kier alpha value is -0.720. The molecular weight excluding hydrogens is 232 g/mol. The summed E-state index contributed by atoms with van der Waals surface area (Å²) in [5, 5.41) is 0. The minimum Gasteiger partial charge on any atom is -0.399 e. The third kappa shape index (κ3) is 4.55. The summed E-state index contributed by atoms with van der Waals surface area (Å²) in [6.07, 6.45) is 0. The average Bonchev–Trinajstić information content (AvgIpc) is 2.21. The van der Waals surface area contributed by atoms with Crippen LogP contribution in [0.4, 0.5) is 5.69 Å². The molecule has 0 fully saturated rings. The SMILES string of the molecule is CNS(=O)(=O)CCSc1ccc(N)cc1. The van der Waals surface area contributed by atoms with Crippen LogP contribution in [0.15, 0.2) is 29.2 Å². The summed E-state index contributed by atoms with van der Waals surface area (Å²) >= 11 is 1.50. The molecule has 0 bridgehead atoms. The van der Waals surface area contributed by atoms with Gasteiger partial charge in [-0.05, 0) is 31.3 Å². The molecule has 0 radical (unpaired) electrons. The number of rotatable bonds is 5. The Bertz CT molecular complexity index is 401. The first-order chi connectivity index (χ1) is 7.03. The Balaban J connectivity index is 2.42. The highest BCUT2D eigenvalue weighted by atomic mass is 32.2. The van der Waals surface area contributed by atoms with Crippen LogP contribution < -0.4 is 10.5 Å². The first-order valence-electron chi connectivity index (χ1n) is 4.43. The van der Waals surface area contributed by atoms with Crippen molar-refractivity contribution in [1.82, 2.24) is 4.72 Å². The average molecular weight is 246 g/mol. The van der Waals surface area contributed by atoms with Crippen LogP contribution >= 0.6 is 11.8 Å². The van der Waals surface area contributed by atoms with Crippen molar-refractivity contribution in [3.05, 3.63) is 24.3 Å². The normalized spacial score (nSPS) is 11.5. The fourth-order valence-corrected chi connectivity index (χ4v) is 2.91. The molecule has 0 saturated heterocycles. The zero-order valence-corrected chi connectivity index (χ0v) is 10.1. The highest BCUT2D eigenvalue weighted by Crippen LogP contribution is 2.18. The second-order valence-electron chi connectivity index (χ2n) is 2.94. The number of benzene rings is 1. The molecule has 0 aliphatic heterocycles. The van der Waals surface area contributed by atoms with E-state index in [-0.39, 0.29) is 5.75 Å². The summed E-state index contributed by atoms with van der Waals surface area (Å²) in [7, 11) is -1.67. The predicted molar refractivity (Wildman–Crippen MR) is 64.4 cm³/mol. The fourth-order valence-electron chi connectivity index (χ4n) is 0.935. The van der Waals surface area contributed by atoms with Crippen LogP contribution in [0.1, 0.15) is 0 Å². The number of hydrogen-bond acceptors (Lipinski definition) is 4. The molecule has 4 nitrogen and oxygen atoms in total. The van der Waals surface area contributed by atoms with E-state index in [1.807, 2.05) is 12.1 Å². The number of sulfonamides is 1. The van der Waals surface area contributed by atoms with E-state index >= 15 is 0 Å². The lowest BCUT2D eigenvalue weighted by Gasteiger charge is -2.02. The number of anilines is 1. The van der Waals surface area contributed by atoms with Crippen LogP contribution in [0.5, 0.6) is 0 Å². The highest BCUT2D eigenvalue weighted by Gasteiger charge is 2.06. The molecule has 1 aromatic rings. The molecule has 0 atom stereocenters. The topological polar surface area (TPSA) is 72.2 Å². The van der Waals surface area contributed by atoms with E-state index < -0.39 is 10.0 Å². The molecule has 84 valence electrons. The molecule has 1 rings (SSSR count). The van der Waals surface area contributed by atoms with Crippen molar-refractivity contribution >= 4 is 27.5 Å². The molecular formula is C9H14N2O2S2. The van der Waals surface area contributed by atoms with Crippen LogP contribution in [0, 0.1) is 0 Å². The van der Waals surface area contributed by atoms with Gasteiger partial charge in [-0.25, -0.2) is 13.1 Å². The summed E-state index contributed by atoms with van der Waals surface area (Å²) in [4.78, 5) is 1.02. The van der Waals surface area contributed by atoms with E-state index in [1.165, 1.54) is 18.8 Å². The molecule has 0 heterocycles. The number of nitrogen functional groups attached to an aromatic ring is 1. The maximum atomic E-state index is 11.1. The summed E-state index contributed by atoms with van der Waals surface area (Å²) in [5.74, 6) is 0.658. The summed E-state index contributed by atoms with van der Waals surface area (Å²) in [5.41, 5.74) is 6.24. The van der Waals surface area contributed by atoms with Gasteiger partial charge in [-0.1, -0.05) is 0 Å². The quantitative estimate of drug-likeness (QED) is 0.598. The van der Waals surface area contributed by atoms with E-state index in [4.69, 9.17) is 5.73 Å². The molecule has 0 saturated carbocycles. The van der Waals surface area contributed by atoms with E-state index in [9.17, 15) is 8.42 Å². The van der Waals surface area contributed by atoms with Crippen LogP contribution in [0.3, 0.4) is 0 Å². The van der Waals surface area contributed by atoms with Crippen molar-refractivity contribution in [1.29, 1.82) is 0 Å². The third-order valence-electron chi connectivity index (χ3n) is 1.81. The lowest BCUT2D eigenvalue weighted by atomic mass is 10.3. The van der Waals surface area contributed by atoms with E-state index in [0.717, 1.165) is 4.90 Å². The summed E-state index contributed by atoms with van der Waals surface area (Å²) in [6.45, 7) is 0. The molecule has 15 heavy (non-hydrogen) atoms. The van der Waals surface area contributed by atoms with E-state index in [0.29, 0.717) is 11.4 Å². The fraction of sp³-hybridized carbons (Fsp3) is 0.333. The van der Waals surface area contributed by atoms with Crippen LogP contribution in [-0.2, 0) is 10.0 Å². The van der Waals surface area contributed by atoms with Crippen molar-refractivity contribution in [3.8, 4) is 0 Å². The summed E-state index contributed by atoms with van der Waals surface area (Å²) < 4.78 is 24.5. The number of thioether (sulfide) groups is 1. The van der Waals surface area contributed by atoms with Gasteiger partial charge in [0.1, 0.15) is 0 Å². The Kier molecular flexibility index (Phi) is 4.44. The second kappa shape index (κ2) is 5.39. The molecule has 0 amide bonds. The van der Waals surface area contributed by atoms with Crippen molar-refractivity contribution in [3.63, 3.8) is 0 Å². The molecule has 1 aromatic carbocycles. The van der Waals surface area contributed by atoms with Crippen molar-refractivity contribution in [2.24, 2.45) is 0 Å². The predicted octanol–water partition coefficient (Wildman–Crippen LogP) is 0.910.